The molecule has 1 aliphatic rings. The maximum absolute atomic E-state index is 12.1. The smallest absolute Gasteiger partial charge is 0.240 e. The van der Waals surface area contributed by atoms with Gasteiger partial charge in [0.2, 0.25) is 5.91 Å². The summed E-state index contributed by atoms with van der Waals surface area (Å²) >= 11 is 0. The lowest BCUT2D eigenvalue weighted by Gasteiger charge is -2.22. The zero-order valence-corrected chi connectivity index (χ0v) is 13.5. The van der Waals surface area contributed by atoms with E-state index in [1.54, 1.807) is 4.68 Å². The summed E-state index contributed by atoms with van der Waals surface area (Å²) in [6, 6.07) is 7.94. The van der Waals surface area contributed by atoms with Gasteiger partial charge in [0.1, 0.15) is 11.9 Å². The van der Waals surface area contributed by atoms with Crippen LogP contribution in [0.3, 0.4) is 0 Å². The molecule has 1 aliphatic carbocycles. The van der Waals surface area contributed by atoms with Gasteiger partial charge in [0, 0.05) is 5.69 Å². The van der Waals surface area contributed by atoms with E-state index in [1.807, 2.05) is 25.1 Å². The van der Waals surface area contributed by atoms with Gasteiger partial charge in [-0.1, -0.05) is 0 Å². The van der Waals surface area contributed by atoms with Gasteiger partial charge in [-0.15, -0.1) is 5.10 Å². The molecule has 24 heavy (non-hydrogen) atoms. The second-order valence-electron chi connectivity index (χ2n) is 6.06. The van der Waals surface area contributed by atoms with Crippen LogP contribution in [0.2, 0.25) is 0 Å². The van der Waals surface area contributed by atoms with Gasteiger partial charge in [-0.2, -0.15) is 5.26 Å². The molecule has 0 unspecified atom stereocenters. The fourth-order valence-electron chi connectivity index (χ4n) is 3.03. The highest BCUT2D eigenvalue weighted by Crippen LogP contribution is 2.28. The summed E-state index contributed by atoms with van der Waals surface area (Å²) in [5, 5.41) is 26.4. The van der Waals surface area contributed by atoms with Gasteiger partial charge in [-0.05, 0) is 66.8 Å². The van der Waals surface area contributed by atoms with E-state index in [2.05, 4.69) is 32.2 Å². The van der Waals surface area contributed by atoms with E-state index in [0.29, 0.717) is 0 Å². The average molecular weight is 325 g/mol. The summed E-state index contributed by atoms with van der Waals surface area (Å²) in [7, 11) is 0. The first-order chi connectivity index (χ1) is 11.6. The standard InChI is InChI=1S/C16H19N7O/c1-12-8-13(4-5-14(12)23-11-19-21-22-23)18-9-15(24)20-16(10-17)6-2-3-7-16/h4-5,8,11,18H,2-3,6-7,9H2,1H3,(H,20,24). The molecule has 2 aromatic rings. The number of hydrogen-bond acceptors (Lipinski definition) is 6. The molecule has 1 aromatic carbocycles. The highest BCUT2D eigenvalue weighted by Gasteiger charge is 2.35. The number of rotatable bonds is 5. The summed E-state index contributed by atoms with van der Waals surface area (Å²) < 4.78 is 1.59. The van der Waals surface area contributed by atoms with E-state index in [1.165, 1.54) is 6.33 Å². The molecule has 3 rings (SSSR count). The molecule has 1 aromatic heterocycles. The molecule has 8 heteroatoms. The maximum Gasteiger partial charge on any atom is 0.240 e. The maximum atomic E-state index is 12.1. The minimum atomic E-state index is -0.682. The molecule has 1 fully saturated rings. The van der Waals surface area contributed by atoms with Gasteiger partial charge >= 0.3 is 0 Å². The number of anilines is 1. The Balaban J connectivity index is 1.60. The molecule has 0 saturated heterocycles. The quantitative estimate of drug-likeness (QED) is 0.858. The molecule has 124 valence electrons. The molecule has 0 aliphatic heterocycles. The van der Waals surface area contributed by atoms with Crippen molar-refractivity contribution < 1.29 is 4.79 Å². The van der Waals surface area contributed by atoms with Gasteiger partial charge in [-0.3, -0.25) is 4.79 Å². The van der Waals surface area contributed by atoms with Gasteiger partial charge in [-0.25, -0.2) is 4.68 Å². The number of tetrazole rings is 1. The Hall–Kier alpha value is -2.95. The van der Waals surface area contributed by atoms with Crippen molar-refractivity contribution >= 4 is 11.6 Å². The topological polar surface area (TPSA) is 109 Å². The lowest BCUT2D eigenvalue weighted by atomic mass is 10.00. The number of hydrogen-bond donors (Lipinski definition) is 2. The number of nitrogens with zero attached hydrogens (tertiary/aromatic N) is 5. The summed E-state index contributed by atoms with van der Waals surface area (Å²) in [6.45, 7) is 2.08. The van der Waals surface area contributed by atoms with E-state index >= 15 is 0 Å². The Labute approximate surface area is 139 Å². The van der Waals surface area contributed by atoms with Crippen molar-refractivity contribution in [2.45, 2.75) is 38.1 Å². The van der Waals surface area contributed by atoms with Crippen LogP contribution in [0.5, 0.6) is 0 Å². The molecule has 8 nitrogen and oxygen atoms in total. The van der Waals surface area contributed by atoms with Gasteiger partial charge in [0.05, 0.1) is 18.3 Å². The number of aromatic nitrogens is 4. The van der Waals surface area contributed by atoms with Crippen LogP contribution >= 0.6 is 0 Å². The van der Waals surface area contributed by atoms with Crippen LogP contribution in [0, 0.1) is 18.3 Å². The number of carbonyl (C=O) groups is 1. The van der Waals surface area contributed by atoms with Crippen molar-refractivity contribution in [3.05, 3.63) is 30.1 Å². The molecule has 0 radical (unpaired) electrons. The molecule has 0 atom stereocenters. The Morgan fingerprint density at radius 3 is 2.83 bits per heavy atom. The largest absolute Gasteiger partial charge is 0.376 e. The van der Waals surface area contributed by atoms with Crippen LogP contribution < -0.4 is 10.6 Å². The van der Waals surface area contributed by atoms with Crippen molar-refractivity contribution in [1.82, 2.24) is 25.5 Å². The molecule has 0 spiro atoms. The lowest BCUT2D eigenvalue weighted by Crippen LogP contribution is -2.47. The van der Waals surface area contributed by atoms with Crippen LogP contribution in [0.4, 0.5) is 5.69 Å². The van der Waals surface area contributed by atoms with E-state index < -0.39 is 5.54 Å². The Bertz CT molecular complexity index is 757. The fraction of sp³-hybridized carbons (Fsp3) is 0.438. The predicted molar refractivity (Wildman–Crippen MR) is 87.3 cm³/mol. The second kappa shape index (κ2) is 6.66. The second-order valence-corrected chi connectivity index (χ2v) is 6.06. The third-order valence-corrected chi connectivity index (χ3v) is 4.30. The summed E-state index contributed by atoms with van der Waals surface area (Å²) in [6.07, 6.45) is 4.97. The first-order valence-corrected chi connectivity index (χ1v) is 7.92. The SMILES string of the molecule is Cc1cc(NCC(=O)NC2(C#N)CCCC2)ccc1-n1cnnn1. The van der Waals surface area contributed by atoms with Crippen molar-refractivity contribution in [3.8, 4) is 11.8 Å². The van der Waals surface area contributed by atoms with E-state index in [4.69, 9.17) is 0 Å². The number of aryl methyl sites for hydroxylation is 1. The average Bonchev–Trinajstić information content (AvgIpc) is 3.25. The first kappa shape index (κ1) is 15.9. The lowest BCUT2D eigenvalue weighted by molar-refractivity contribution is -0.120. The fourth-order valence-corrected chi connectivity index (χ4v) is 3.03. The van der Waals surface area contributed by atoms with Crippen LogP contribution in [0.1, 0.15) is 31.2 Å². The van der Waals surface area contributed by atoms with Crippen LogP contribution in [0.25, 0.3) is 5.69 Å². The molecule has 1 saturated carbocycles. The van der Waals surface area contributed by atoms with E-state index in [9.17, 15) is 10.1 Å². The summed E-state index contributed by atoms with van der Waals surface area (Å²) in [5.41, 5.74) is 2.01. The van der Waals surface area contributed by atoms with E-state index in [-0.39, 0.29) is 12.5 Å². The predicted octanol–water partition coefficient (Wildman–Crippen LogP) is 1.34. The van der Waals surface area contributed by atoms with Crippen molar-refractivity contribution in [1.29, 1.82) is 5.26 Å². The summed E-state index contributed by atoms with van der Waals surface area (Å²) in [5.74, 6) is -0.166. The Kier molecular flexibility index (Phi) is 4.42. The van der Waals surface area contributed by atoms with E-state index in [0.717, 1.165) is 42.6 Å². The number of nitriles is 1. The third kappa shape index (κ3) is 3.35. The number of amides is 1. The molecule has 1 amide bonds. The number of nitrogens with one attached hydrogen (secondary N) is 2. The zero-order chi connectivity index (χ0) is 17.0. The Morgan fingerprint density at radius 2 is 2.21 bits per heavy atom. The summed E-state index contributed by atoms with van der Waals surface area (Å²) in [4.78, 5) is 12.1. The van der Waals surface area contributed by atoms with Gasteiger partial charge < -0.3 is 10.6 Å². The Morgan fingerprint density at radius 1 is 1.42 bits per heavy atom. The highest BCUT2D eigenvalue weighted by atomic mass is 16.2. The molecule has 2 N–H and O–H groups in total. The van der Waals surface area contributed by atoms with Crippen LogP contribution in [0.15, 0.2) is 24.5 Å². The first-order valence-electron chi connectivity index (χ1n) is 7.92. The number of benzene rings is 1. The zero-order valence-electron chi connectivity index (χ0n) is 13.5. The van der Waals surface area contributed by atoms with Crippen molar-refractivity contribution in [2.75, 3.05) is 11.9 Å². The van der Waals surface area contributed by atoms with Crippen LogP contribution in [-0.2, 0) is 4.79 Å². The van der Waals surface area contributed by atoms with Crippen LogP contribution in [-0.4, -0.2) is 38.2 Å². The monoisotopic (exact) mass is 325 g/mol. The highest BCUT2D eigenvalue weighted by molar-refractivity contribution is 5.82. The third-order valence-electron chi connectivity index (χ3n) is 4.30. The molecule has 1 heterocycles. The minimum Gasteiger partial charge on any atom is -0.376 e. The molecular weight excluding hydrogens is 306 g/mol. The number of carbonyl (C=O) groups excluding carboxylic acids is 1. The normalized spacial score (nSPS) is 15.7. The molecule has 0 bridgehead atoms. The van der Waals surface area contributed by atoms with Crippen molar-refractivity contribution in [2.24, 2.45) is 0 Å². The van der Waals surface area contributed by atoms with Crippen molar-refractivity contribution in [3.63, 3.8) is 0 Å². The van der Waals surface area contributed by atoms with Gasteiger partial charge in [0.25, 0.3) is 0 Å². The molecular formula is C16H19N7O. The minimum absolute atomic E-state index is 0.132. The van der Waals surface area contributed by atoms with Gasteiger partial charge in [0.15, 0.2) is 0 Å².